The van der Waals surface area contributed by atoms with Crippen LogP contribution in [-0.2, 0) is 12.5 Å². The number of aryl methyl sites for hydroxylation is 1. The Morgan fingerprint density at radius 2 is 1.84 bits per heavy atom. The normalized spacial score (nSPS) is 26.0. The molecule has 2 saturated heterocycles. The molecule has 0 atom stereocenters. The van der Waals surface area contributed by atoms with Crippen molar-refractivity contribution in [1.82, 2.24) is 14.5 Å². The average Bonchev–Trinajstić information content (AvgIpc) is 3.02. The van der Waals surface area contributed by atoms with Crippen molar-refractivity contribution in [2.24, 2.45) is 7.05 Å². The van der Waals surface area contributed by atoms with E-state index in [1.165, 1.54) is 67.3 Å². The van der Waals surface area contributed by atoms with Crippen molar-refractivity contribution < 1.29 is 0 Å². The number of aromatic nitrogens is 2. The van der Waals surface area contributed by atoms with Crippen LogP contribution in [0, 0.1) is 0 Å². The summed E-state index contributed by atoms with van der Waals surface area (Å²) in [6.07, 6.45) is 9.56. The summed E-state index contributed by atoms with van der Waals surface area (Å²) in [5, 5.41) is 1.28. The maximum absolute atomic E-state index is 4.85. The molecule has 0 N–H and O–H groups in total. The molecule has 128 valence electrons. The molecular formula is C22H25N3. The van der Waals surface area contributed by atoms with Gasteiger partial charge in [0.1, 0.15) is 0 Å². The van der Waals surface area contributed by atoms with Gasteiger partial charge < -0.3 is 9.47 Å². The van der Waals surface area contributed by atoms with Crippen molar-refractivity contribution >= 4 is 10.9 Å². The SMILES string of the molecule is Cn1ccc2cc(-c3ccc(C45CCCN(CCC4)C5)cn3)ccc21. The van der Waals surface area contributed by atoms with Gasteiger partial charge in [-0.1, -0.05) is 12.1 Å². The fourth-order valence-electron chi connectivity index (χ4n) is 4.96. The number of rotatable bonds is 2. The molecule has 25 heavy (non-hydrogen) atoms. The molecule has 2 fully saturated rings. The summed E-state index contributed by atoms with van der Waals surface area (Å²) in [4.78, 5) is 7.50. The van der Waals surface area contributed by atoms with Crippen molar-refractivity contribution in [3.05, 3.63) is 54.4 Å². The third-order valence-corrected chi connectivity index (χ3v) is 6.34. The minimum Gasteiger partial charge on any atom is -0.351 e. The summed E-state index contributed by atoms with van der Waals surface area (Å²) in [5.74, 6) is 0. The number of fused-ring (bicyclic) bond motifs is 3. The molecule has 3 aromatic rings. The van der Waals surface area contributed by atoms with Gasteiger partial charge in [0.25, 0.3) is 0 Å². The fraction of sp³-hybridized carbons (Fsp3) is 0.409. The number of nitrogens with zero attached hydrogens (tertiary/aromatic N) is 3. The van der Waals surface area contributed by atoms with Gasteiger partial charge in [0.2, 0.25) is 0 Å². The molecule has 2 aliphatic heterocycles. The van der Waals surface area contributed by atoms with E-state index in [4.69, 9.17) is 4.98 Å². The monoisotopic (exact) mass is 331 g/mol. The van der Waals surface area contributed by atoms with Crippen molar-refractivity contribution in [2.75, 3.05) is 19.6 Å². The molecule has 0 spiro atoms. The zero-order valence-corrected chi connectivity index (χ0v) is 14.9. The Balaban J connectivity index is 1.48. The van der Waals surface area contributed by atoms with E-state index in [1.807, 2.05) is 0 Å². The summed E-state index contributed by atoms with van der Waals surface area (Å²) in [6.45, 7) is 3.79. The molecule has 1 aromatic carbocycles. The summed E-state index contributed by atoms with van der Waals surface area (Å²) in [6, 6.07) is 13.4. The number of piperidine rings is 2. The van der Waals surface area contributed by atoms with E-state index in [9.17, 15) is 0 Å². The molecule has 4 heterocycles. The minimum atomic E-state index is 0.353. The molecule has 0 aliphatic carbocycles. The quantitative estimate of drug-likeness (QED) is 0.695. The predicted molar refractivity (Wildman–Crippen MR) is 103 cm³/mol. The number of benzene rings is 1. The van der Waals surface area contributed by atoms with E-state index in [-0.39, 0.29) is 0 Å². The highest BCUT2D eigenvalue weighted by Crippen LogP contribution is 2.41. The largest absolute Gasteiger partial charge is 0.351 e. The zero-order chi connectivity index (χ0) is 16.9. The average molecular weight is 331 g/mol. The van der Waals surface area contributed by atoms with Crippen LogP contribution in [0.1, 0.15) is 31.2 Å². The zero-order valence-electron chi connectivity index (χ0n) is 14.9. The Kier molecular flexibility index (Phi) is 3.46. The van der Waals surface area contributed by atoms with Gasteiger partial charge in [-0.25, -0.2) is 0 Å². The van der Waals surface area contributed by atoms with Crippen LogP contribution in [0.2, 0.25) is 0 Å². The van der Waals surface area contributed by atoms with Crippen molar-refractivity contribution in [2.45, 2.75) is 31.1 Å². The smallest absolute Gasteiger partial charge is 0.0702 e. The van der Waals surface area contributed by atoms with Crippen molar-refractivity contribution in [3.8, 4) is 11.3 Å². The highest BCUT2D eigenvalue weighted by atomic mass is 15.1. The Hall–Kier alpha value is -2.13. The number of hydrogen-bond acceptors (Lipinski definition) is 2. The van der Waals surface area contributed by atoms with Gasteiger partial charge in [-0.2, -0.15) is 0 Å². The van der Waals surface area contributed by atoms with E-state index in [0.717, 1.165) is 5.69 Å². The lowest BCUT2D eigenvalue weighted by molar-refractivity contribution is 0.0941. The molecule has 0 saturated carbocycles. The molecule has 5 rings (SSSR count). The Morgan fingerprint density at radius 1 is 1.00 bits per heavy atom. The first-order valence-electron chi connectivity index (χ1n) is 9.48. The summed E-state index contributed by atoms with van der Waals surface area (Å²) < 4.78 is 2.16. The summed E-state index contributed by atoms with van der Waals surface area (Å²) in [5.41, 5.74) is 5.35. The van der Waals surface area contributed by atoms with Crippen LogP contribution in [0.3, 0.4) is 0 Å². The number of pyridine rings is 1. The molecule has 3 nitrogen and oxygen atoms in total. The van der Waals surface area contributed by atoms with E-state index in [1.54, 1.807) is 0 Å². The second-order valence-corrected chi connectivity index (χ2v) is 7.90. The second-order valence-electron chi connectivity index (χ2n) is 7.90. The first kappa shape index (κ1) is 15.2. The lowest BCUT2D eigenvalue weighted by atomic mass is 9.69. The van der Waals surface area contributed by atoms with Gasteiger partial charge in [0.05, 0.1) is 5.69 Å². The molecular weight excluding hydrogens is 306 g/mol. The van der Waals surface area contributed by atoms with Crippen LogP contribution in [0.25, 0.3) is 22.2 Å². The van der Waals surface area contributed by atoms with Gasteiger partial charge in [-0.05, 0) is 68.6 Å². The maximum Gasteiger partial charge on any atom is 0.0702 e. The van der Waals surface area contributed by atoms with Gasteiger partial charge >= 0.3 is 0 Å². The Morgan fingerprint density at radius 3 is 2.60 bits per heavy atom. The van der Waals surface area contributed by atoms with Crippen LogP contribution in [0.15, 0.2) is 48.8 Å². The van der Waals surface area contributed by atoms with Crippen molar-refractivity contribution in [3.63, 3.8) is 0 Å². The minimum absolute atomic E-state index is 0.353. The molecule has 0 radical (unpaired) electrons. The van der Waals surface area contributed by atoms with Crippen LogP contribution in [0.4, 0.5) is 0 Å². The topological polar surface area (TPSA) is 21.1 Å². The van der Waals surface area contributed by atoms with Crippen LogP contribution in [-0.4, -0.2) is 34.1 Å². The van der Waals surface area contributed by atoms with Gasteiger partial charge in [0.15, 0.2) is 0 Å². The molecule has 2 bridgehead atoms. The first-order valence-corrected chi connectivity index (χ1v) is 9.48. The van der Waals surface area contributed by atoms with Crippen LogP contribution in [0.5, 0.6) is 0 Å². The summed E-state index contributed by atoms with van der Waals surface area (Å²) >= 11 is 0. The lowest BCUT2D eigenvalue weighted by Crippen LogP contribution is -2.50. The lowest BCUT2D eigenvalue weighted by Gasteiger charge is -2.47. The standard InChI is InChI=1S/C22H25N3/c1-24-13-8-18-14-17(4-7-21(18)24)20-6-5-19(15-23-20)22-9-2-11-25(16-22)12-3-10-22/h4-8,13-15H,2-3,9-12,16H2,1H3. The van der Waals surface area contributed by atoms with E-state index in [0.29, 0.717) is 5.41 Å². The molecule has 3 heteroatoms. The third-order valence-electron chi connectivity index (χ3n) is 6.34. The van der Waals surface area contributed by atoms with Crippen LogP contribution < -0.4 is 0 Å². The predicted octanol–water partition coefficient (Wildman–Crippen LogP) is 4.37. The first-order chi connectivity index (χ1) is 12.2. The van der Waals surface area contributed by atoms with Crippen LogP contribution >= 0.6 is 0 Å². The van der Waals surface area contributed by atoms with E-state index < -0.39 is 0 Å². The van der Waals surface area contributed by atoms with Gasteiger partial charge in [-0.3, -0.25) is 4.98 Å². The van der Waals surface area contributed by atoms with E-state index >= 15 is 0 Å². The molecule has 0 unspecified atom stereocenters. The molecule has 0 amide bonds. The second kappa shape index (κ2) is 5.70. The molecule has 2 aromatic heterocycles. The van der Waals surface area contributed by atoms with E-state index in [2.05, 4.69) is 65.3 Å². The summed E-state index contributed by atoms with van der Waals surface area (Å²) in [7, 11) is 2.09. The number of hydrogen-bond donors (Lipinski definition) is 0. The Bertz CT molecular complexity index is 897. The van der Waals surface area contributed by atoms with Crippen molar-refractivity contribution in [1.29, 1.82) is 0 Å². The van der Waals surface area contributed by atoms with Gasteiger partial charge in [0, 0.05) is 47.9 Å². The van der Waals surface area contributed by atoms with Gasteiger partial charge in [-0.15, -0.1) is 0 Å². The Labute approximate surface area is 149 Å². The maximum atomic E-state index is 4.85. The highest BCUT2D eigenvalue weighted by molar-refractivity contribution is 5.85. The highest BCUT2D eigenvalue weighted by Gasteiger charge is 2.39. The molecule has 2 aliphatic rings. The third kappa shape index (κ3) is 2.49. The fourth-order valence-corrected chi connectivity index (χ4v) is 4.96.